The predicted molar refractivity (Wildman–Crippen MR) is 64.4 cm³/mol. The Morgan fingerprint density at radius 3 is 2.88 bits per heavy atom. The first kappa shape index (κ1) is 11.3. The molecule has 0 aliphatic carbocycles. The molecule has 0 bridgehead atoms. The molecule has 0 saturated heterocycles. The topological polar surface area (TPSA) is 59.8 Å². The highest BCUT2D eigenvalue weighted by molar-refractivity contribution is 5.94. The van der Waals surface area contributed by atoms with E-state index in [9.17, 15) is 4.79 Å². The molecule has 17 heavy (non-hydrogen) atoms. The highest BCUT2D eigenvalue weighted by atomic mass is 16.1. The first-order valence-electron chi connectivity index (χ1n) is 5.45. The quantitative estimate of drug-likeness (QED) is 0.862. The first-order valence-corrected chi connectivity index (χ1v) is 5.45. The Morgan fingerprint density at radius 2 is 2.24 bits per heavy atom. The van der Waals surface area contributed by atoms with Gasteiger partial charge in [0.05, 0.1) is 5.69 Å². The van der Waals surface area contributed by atoms with Crippen LogP contribution in [0, 0.1) is 0 Å². The van der Waals surface area contributed by atoms with Gasteiger partial charge < -0.3 is 5.32 Å². The van der Waals surface area contributed by atoms with E-state index in [1.54, 1.807) is 23.0 Å². The number of carbonyl (C=O) groups excluding carboxylic acids is 1. The summed E-state index contributed by atoms with van der Waals surface area (Å²) in [6.45, 7) is 2.50. The highest BCUT2D eigenvalue weighted by Gasteiger charge is 2.08. The van der Waals surface area contributed by atoms with Crippen LogP contribution < -0.4 is 5.32 Å². The molecule has 0 aromatic carbocycles. The second kappa shape index (κ2) is 4.78. The molecular formula is C12H14N4O. The molecule has 5 heteroatoms. The van der Waals surface area contributed by atoms with Gasteiger partial charge in [-0.05, 0) is 25.1 Å². The Morgan fingerprint density at radius 1 is 1.41 bits per heavy atom. The summed E-state index contributed by atoms with van der Waals surface area (Å²) in [6.07, 6.45) is 3.46. The van der Waals surface area contributed by atoms with Gasteiger partial charge in [-0.25, -0.2) is 0 Å². The molecule has 0 saturated carbocycles. The van der Waals surface area contributed by atoms with Crippen LogP contribution in [0.3, 0.4) is 0 Å². The minimum Gasteiger partial charge on any atom is -0.352 e. The Labute approximate surface area is 99.5 Å². The Balaban J connectivity index is 2.31. The lowest BCUT2D eigenvalue weighted by Gasteiger charge is -2.03. The van der Waals surface area contributed by atoms with E-state index in [-0.39, 0.29) is 5.91 Å². The van der Waals surface area contributed by atoms with Gasteiger partial charge in [0.15, 0.2) is 0 Å². The molecule has 0 spiro atoms. The summed E-state index contributed by atoms with van der Waals surface area (Å²) >= 11 is 0. The Hall–Kier alpha value is -2.17. The predicted octanol–water partition coefficient (Wildman–Crippen LogP) is 1.23. The molecule has 0 atom stereocenters. The highest BCUT2D eigenvalue weighted by Crippen LogP contribution is 2.14. The van der Waals surface area contributed by atoms with Gasteiger partial charge in [-0.2, -0.15) is 5.10 Å². The van der Waals surface area contributed by atoms with E-state index in [1.807, 2.05) is 26.2 Å². The standard InChI is InChI=1S/C12H14N4O/c1-3-13-12(17)9-4-6-14-11(8-9)10-5-7-16(2)15-10/h4-8H,3H2,1-2H3,(H,13,17). The van der Waals surface area contributed by atoms with Gasteiger partial charge in [0.1, 0.15) is 5.69 Å². The van der Waals surface area contributed by atoms with Crippen LogP contribution in [0.25, 0.3) is 11.4 Å². The molecule has 1 N–H and O–H groups in total. The summed E-state index contributed by atoms with van der Waals surface area (Å²) in [7, 11) is 1.84. The second-order valence-corrected chi connectivity index (χ2v) is 3.66. The summed E-state index contributed by atoms with van der Waals surface area (Å²) in [6, 6.07) is 5.30. The number of hydrogen-bond acceptors (Lipinski definition) is 3. The van der Waals surface area contributed by atoms with Crippen molar-refractivity contribution in [3.05, 3.63) is 36.2 Å². The van der Waals surface area contributed by atoms with Crippen LogP contribution in [0.15, 0.2) is 30.6 Å². The van der Waals surface area contributed by atoms with Crippen LogP contribution >= 0.6 is 0 Å². The van der Waals surface area contributed by atoms with E-state index < -0.39 is 0 Å². The van der Waals surface area contributed by atoms with E-state index in [4.69, 9.17) is 0 Å². The van der Waals surface area contributed by atoms with Gasteiger partial charge in [-0.15, -0.1) is 0 Å². The van der Waals surface area contributed by atoms with Crippen molar-refractivity contribution in [2.45, 2.75) is 6.92 Å². The number of aryl methyl sites for hydroxylation is 1. The third-order valence-corrected chi connectivity index (χ3v) is 2.34. The SMILES string of the molecule is CCNC(=O)c1ccnc(-c2ccn(C)n2)c1. The fourth-order valence-corrected chi connectivity index (χ4v) is 1.53. The number of carbonyl (C=O) groups is 1. The molecular weight excluding hydrogens is 216 g/mol. The largest absolute Gasteiger partial charge is 0.352 e. The van der Waals surface area contributed by atoms with E-state index in [1.165, 1.54) is 0 Å². The number of nitrogens with one attached hydrogen (secondary N) is 1. The molecule has 2 heterocycles. The average molecular weight is 230 g/mol. The molecule has 0 aliphatic heterocycles. The van der Waals surface area contributed by atoms with Gasteiger partial charge in [0.2, 0.25) is 0 Å². The number of aromatic nitrogens is 3. The van der Waals surface area contributed by atoms with Gasteiger partial charge >= 0.3 is 0 Å². The first-order chi connectivity index (χ1) is 8.20. The molecule has 0 unspecified atom stereocenters. The fourth-order valence-electron chi connectivity index (χ4n) is 1.53. The van der Waals surface area contributed by atoms with E-state index in [0.717, 1.165) is 5.69 Å². The summed E-state index contributed by atoms with van der Waals surface area (Å²) in [5.74, 6) is -0.0907. The van der Waals surface area contributed by atoms with Crippen LogP contribution in [0.2, 0.25) is 0 Å². The average Bonchev–Trinajstić information content (AvgIpc) is 2.76. The van der Waals surface area contributed by atoms with Crippen molar-refractivity contribution in [2.24, 2.45) is 7.05 Å². The molecule has 2 aromatic rings. The molecule has 0 aliphatic rings. The van der Waals surface area contributed by atoms with Gasteiger partial charge in [-0.3, -0.25) is 14.5 Å². The Kier molecular flexibility index (Phi) is 3.18. The molecule has 1 amide bonds. The Bertz CT molecular complexity index is 533. The smallest absolute Gasteiger partial charge is 0.251 e. The summed E-state index contributed by atoms with van der Waals surface area (Å²) in [5, 5.41) is 7.00. The summed E-state index contributed by atoms with van der Waals surface area (Å²) in [5.41, 5.74) is 2.07. The molecule has 2 rings (SSSR count). The second-order valence-electron chi connectivity index (χ2n) is 3.66. The molecule has 88 valence electrons. The van der Waals surface area contributed by atoms with Crippen molar-refractivity contribution < 1.29 is 4.79 Å². The van der Waals surface area contributed by atoms with E-state index in [0.29, 0.717) is 17.8 Å². The van der Waals surface area contributed by atoms with Gasteiger partial charge in [-0.1, -0.05) is 0 Å². The number of pyridine rings is 1. The fraction of sp³-hybridized carbons (Fsp3) is 0.250. The zero-order chi connectivity index (χ0) is 12.3. The van der Waals surface area contributed by atoms with Crippen molar-refractivity contribution in [3.8, 4) is 11.4 Å². The zero-order valence-corrected chi connectivity index (χ0v) is 9.84. The van der Waals surface area contributed by atoms with Crippen molar-refractivity contribution in [3.63, 3.8) is 0 Å². The van der Waals surface area contributed by atoms with Crippen molar-refractivity contribution in [2.75, 3.05) is 6.54 Å². The molecule has 0 fully saturated rings. The van der Waals surface area contributed by atoms with Crippen LogP contribution in [-0.2, 0) is 7.05 Å². The van der Waals surface area contributed by atoms with Crippen LogP contribution in [0.1, 0.15) is 17.3 Å². The number of amides is 1. The lowest BCUT2D eigenvalue weighted by molar-refractivity contribution is 0.0956. The normalized spacial score (nSPS) is 10.2. The maximum atomic E-state index is 11.7. The van der Waals surface area contributed by atoms with Crippen molar-refractivity contribution in [1.82, 2.24) is 20.1 Å². The number of rotatable bonds is 3. The minimum atomic E-state index is -0.0907. The van der Waals surface area contributed by atoms with E-state index >= 15 is 0 Å². The monoisotopic (exact) mass is 230 g/mol. The van der Waals surface area contributed by atoms with Crippen molar-refractivity contribution in [1.29, 1.82) is 0 Å². The molecule has 5 nitrogen and oxygen atoms in total. The van der Waals surface area contributed by atoms with Crippen LogP contribution in [0.4, 0.5) is 0 Å². The van der Waals surface area contributed by atoms with Crippen molar-refractivity contribution >= 4 is 5.91 Å². The number of hydrogen-bond donors (Lipinski definition) is 1. The molecule has 0 radical (unpaired) electrons. The maximum absolute atomic E-state index is 11.7. The minimum absolute atomic E-state index is 0.0907. The van der Waals surface area contributed by atoms with Crippen LogP contribution in [0.5, 0.6) is 0 Å². The van der Waals surface area contributed by atoms with Gasteiger partial charge in [0.25, 0.3) is 5.91 Å². The lowest BCUT2D eigenvalue weighted by atomic mass is 10.2. The maximum Gasteiger partial charge on any atom is 0.251 e. The zero-order valence-electron chi connectivity index (χ0n) is 9.84. The third kappa shape index (κ3) is 2.50. The van der Waals surface area contributed by atoms with E-state index in [2.05, 4.69) is 15.4 Å². The van der Waals surface area contributed by atoms with Crippen LogP contribution in [-0.4, -0.2) is 27.2 Å². The lowest BCUT2D eigenvalue weighted by Crippen LogP contribution is -2.22. The molecule has 2 aromatic heterocycles. The third-order valence-electron chi connectivity index (χ3n) is 2.34. The van der Waals surface area contributed by atoms with Gasteiger partial charge in [0, 0.05) is 31.5 Å². The summed E-state index contributed by atoms with van der Waals surface area (Å²) < 4.78 is 1.70. The summed E-state index contributed by atoms with van der Waals surface area (Å²) in [4.78, 5) is 15.9. The number of nitrogens with zero attached hydrogens (tertiary/aromatic N) is 3.